The largest absolute Gasteiger partial charge is 0.396 e. The maximum absolute atomic E-state index is 11.5. The van der Waals surface area contributed by atoms with E-state index in [-0.39, 0.29) is 16.7 Å². The molecule has 0 fully saturated rings. The van der Waals surface area contributed by atoms with Crippen LogP contribution < -0.4 is 11.1 Å². The normalized spacial score (nSPS) is 13.3. The molecule has 18 heavy (non-hydrogen) atoms. The van der Waals surface area contributed by atoms with Crippen LogP contribution in [0.4, 0.5) is 11.4 Å². The minimum atomic E-state index is -3.32. The quantitative estimate of drug-likeness (QED) is 0.678. The van der Waals surface area contributed by atoms with E-state index in [2.05, 4.69) is 5.32 Å². The number of aliphatic hydroxyl groups is 1. The minimum absolute atomic E-state index is 0.128. The first-order chi connectivity index (χ1) is 8.36. The van der Waals surface area contributed by atoms with Gasteiger partial charge in [0, 0.05) is 12.8 Å². The molecule has 0 aromatic heterocycles. The summed E-state index contributed by atoms with van der Waals surface area (Å²) in [5.41, 5.74) is 6.63. The van der Waals surface area contributed by atoms with Gasteiger partial charge < -0.3 is 16.2 Å². The zero-order valence-electron chi connectivity index (χ0n) is 10.7. The van der Waals surface area contributed by atoms with E-state index >= 15 is 0 Å². The minimum Gasteiger partial charge on any atom is -0.396 e. The van der Waals surface area contributed by atoms with E-state index in [0.29, 0.717) is 25.1 Å². The van der Waals surface area contributed by atoms with E-state index in [0.717, 1.165) is 6.26 Å². The maximum Gasteiger partial charge on any atom is 0.177 e. The van der Waals surface area contributed by atoms with Gasteiger partial charge in [-0.05, 0) is 25.0 Å². The van der Waals surface area contributed by atoms with Gasteiger partial charge in [-0.15, -0.1) is 0 Å². The molecule has 1 atom stereocenters. The van der Waals surface area contributed by atoms with Crippen molar-refractivity contribution in [3.63, 3.8) is 0 Å². The van der Waals surface area contributed by atoms with E-state index < -0.39 is 9.84 Å². The predicted molar refractivity (Wildman–Crippen MR) is 73.4 cm³/mol. The van der Waals surface area contributed by atoms with Crippen LogP contribution in [-0.2, 0) is 9.84 Å². The number of nitrogens with one attached hydrogen (secondary N) is 1. The topological polar surface area (TPSA) is 92.4 Å². The summed E-state index contributed by atoms with van der Waals surface area (Å²) < 4.78 is 23.0. The van der Waals surface area contributed by atoms with E-state index in [9.17, 15) is 13.5 Å². The molecule has 6 heteroatoms. The molecule has 5 nitrogen and oxygen atoms in total. The van der Waals surface area contributed by atoms with Crippen LogP contribution in [0.2, 0.25) is 0 Å². The lowest BCUT2D eigenvalue weighted by Gasteiger charge is -2.13. The predicted octanol–water partition coefficient (Wildman–Crippen LogP) is 1.25. The molecular formula is C12H20N2O3S. The Morgan fingerprint density at radius 1 is 1.44 bits per heavy atom. The molecule has 0 radical (unpaired) electrons. The summed E-state index contributed by atoms with van der Waals surface area (Å²) in [5.74, 6) is 0. The van der Waals surface area contributed by atoms with Crippen molar-refractivity contribution in [2.24, 2.45) is 0 Å². The third kappa shape index (κ3) is 3.89. The van der Waals surface area contributed by atoms with Crippen LogP contribution >= 0.6 is 0 Å². The molecule has 0 saturated heterocycles. The first kappa shape index (κ1) is 14.8. The van der Waals surface area contributed by atoms with Gasteiger partial charge in [0.2, 0.25) is 0 Å². The third-order valence-corrected chi connectivity index (χ3v) is 3.88. The molecule has 0 spiro atoms. The molecular weight excluding hydrogens is 252 g/mol. The maximum atomic E-state index is 11.5. The van der Waals surface area contributed by atoms with Crippen molar-refractivity contribution < 1.29 is 13.5 Å². The van der Waals surface area contributed by atoms with Crippen molar-refractivity contribution in [3.05, 3.63) is 18.2 Å². The second kappa shape index (κ2) is 6.06. The first-order valence-corrected chi connectivity index (χ1v) is 7.76. The fraction of sp³-hybridized carbons (Fsp3) is 0.500. The van der Waals surface area contributed by atoms with Crippen LogP contribution in [0.5, 0.6) is 0 Å². The molecule has 0 saturated carbocycles. The van der Waals surface area contributed by atoms with Gasteiger partial charge in [-0.3, -0.25) is 0 Å². The fourth-order valence-corrected chi connectivity index (χ4v) is 2.43. The number of aliphatic hydroxyl groups excluding tert-OH is 1. The van der Waals surface area contributed by atoms with Crippen LogP contribution in [0.1, 0.15) is 19.8 Å². The number of nitrogens with two attached hydrogens (primary N) is 1. The highest BCUT2D eigenvalue weighted by Gasteiger charge is 2.13. The SMILES string of the molecule is CCC(O)CCNc1cccc(S(C)(=O)=O)c1N. The van der Waals surface area contributed by atoms with Crippen LogP contribution in [0.25, 0.3) is 0 Å². The Balaban J connectivity index is 2.79. The van der Waals surface area contributed by atoms with Crippen LogP contribution in [-0.4, -0.2) is 32.4 Å². The van der Waals surface area contributed by atoms with Crippen LogP contribution in [0.15, 0.2) is 23.1 Å². The number of para-hydroxylation sites is 1. The van der Waals surface area contributed by atoms with Crippen molar-refractivity contribution in [1.82, 2.24) is 0 Å². The van der Waals surface area contributed by atoms with Crippen molar-refractivity contribution in [2.45, 2.75) is 30.8 Å². The van der Waals surface area contributed by atoms with Crippen LogP contribution in [0.3, 0.4) is 0 Å². The lowest BCUT2D eigenvalue weighted by molar-refractivity contribution is 0.164. The average molecular weight is 272 g/mol. The zero-order chi connectivity index (χ0) is 13.8. The summed E-state index contributed by atoms with van der Waals surface area (Å²) in [7, 11) is -3.32. The molecule has 1 aromatic rings. The molecule has 0 aliphatic carbocycles. The highest BCUT2D eigenvalue weighted by atomic mass is 32.2. The van der Waals surface area contributed by atoms with Gasteiger partial charge in [-0.1, -0.05) is 13.0 Å². The first-order valence-electron chi connectivity index (χ1n) is 5.86. The average Bonchev–Trinajstić information content (AvgIpc) is 2.29. The van der Waals surface area contributed by atoms with E-state index in [4.69, 9.17) is 5.73 Å². The summed E-state index contributed by atoms with van der Waals surface area (Å²) in [6.45, 7) is 2.45. The van der Waals surface area contributed by atoms with E-state index in [1.807, 2.05) is 6.92 Å². The Labute approximate surface area is 108 Å². The highest BCUT2D eigenvalue weighted by Crippen LogP contribution is 2.26. The van der Waals surface area contributed by atoms with Gasteiger partial charge in [0.05, 0.1) is 22.4 Å². The van der Waals surface area contributed by atoms with Crippen LogP contribution in [0, 0.1) is 0 Å². The van der Waals surface area contributed by atoms with Crippen molar-refractivity contribution >= 4 is 21.2 Å². The molecule has 1 unspecified atom stereocenters. The second-order valence-corrected chi connectivity index (χ2v) is 6.25. The molecule has 0 bridgehead atoms. The number of sulfone groups is 1. The number of nitrogen functional groups attached to an aromatic ring is 1. The molecule has 102 valence electrons. The number of hydrogen-bond donors (Lipinski definition) is 3. The van der Waals surface area contributed by atoms with E-state index in [1.165, 1.54) is 6.07 Å². The molecule has 1 aromatic carbocycles. The monoisotopic (exact) mass is 272 g/mol. The van der Waals surface area contributed by atoms with Gasteiger partial charge in [-0.2, -0.15) is 0 Å². The van der Waals surface area contributed by atoms with E-state index in [1.54, 1.807) is 12.1 Å². The standard InChI is InChI=1S/C12H20N2O3S/c1-3-9(15)7-8-14-10-5-4-6-11(12(10)13)18(2,16)17/h4-6,9,14-15H,3,7-8,13H2,1-2H3. The molecule has 0 aliphatic rings. The number of anilines is 2. The Morgan fingerprint density at radius 2 is 2.11 bits per heavy atom. The summed E-state index contributed by atoms with van der Waals surface area (Å²) in [6.07, 6.45) is 2.07. The Bertz CT molecular complexity index is 500. The van der Waals surface area contributed by atoms with Gasteiger partial charge in [0.15, 0.2) is 9.84 Å². The Morgan fingerprint density at radius 3 is 2.67 bits per heavy atom. The molecule has 0 heterocycles. The number of hydrogen-bond acceptors (Lipinski definition) is 5. The Kier molecular flexibility index (Phi) is 4.98. The van der Waals surface area contributed by atoms with Crippen molar-refractivity contribution in [3.8, 4) is 0 Å². The summed E-state index contributed by atoms with van der Waals surface area (Å²) in [5, 5.41) is 12.5. The summed E-state index contributed by atoms with van der Waals surface area (Å²) in [6, 6.07) is 4.85. The lowest BCUT2D eigenvalue weighted by Crippen LogP contribution is -2.13. The molecule has 4 N–H and O–H groups in total. The molecule has 0 aliphatic heterocycles. The summed E-state index contributed by atoms with van der Waals surface area (Å²) >= 11 is 0. The fourth-order valence-electron chi connectivity index (χ4n) is 1.60. The molecule has 1 rings (SSSR count). The number of benzene rings is 1. The zero-order valence-corrected chi connectivity index (χ0v) is 11.5. The van der Waals surface area contributed by atoms with Gasteiger partial charge in [-0.25, -0.2) is 8.42 Å². The third-order valence-electron chi connectivity index (χ3n) is 2.73. The second-order valence-electron chi connectivity index (χ2n) is 4.27. The lowest BCUT2D eigenvalue weighted by atomic mass is 10.2. The highest BCUT2D eigenvalue weighted by molar-refractivity contribution is 7.90. The number of rotatable bonds is 6. The van der Waals surface area contributed by atoms with Gasteiger partial charge in [0.25, 0.3) is 0 Å². The smallest absolute Gasteiger partial charge is 0.177 e. The van der Waals surface area contributed by atoms with Gasteiger partial charge in [0.1, 0.15) is 0 Å². The Hall–Kier alpha value is -1.27. The van der Waals surface area contributed by atoms with Gasteiger partial charge >= 0.3 is 0 Å². The van der Waals surface area contributed by atoms with Crippen molar-refractivity contribution in [1.29, 1.82) is 0 Å². The molecule has 0 amide bonds. The van der Waals surface area contributed by atoms with Crippen molar-refractivity contribution in [2.75, 3.05) is 23.9 Å². The summed E-state index contributed by atoms with van der Waals surface area (Å²) in [4.78, 5) is 0.128.